The summed E-state index contributed by atoms with van der Waals surface area (Å²) < 4.78 is 20.1. The fourth-order valence-electron chi connectivity index (χ4n) is 5.17. The topological polar surface area (TPSA) is 122 Å². The number of aliphatic imine (C=N–C) groups is 1. The number of likely N-dealkylation sites (N-methyl/N-ethyl adjacent to an activating group) is 1. The number of nitrogens with one attached hydrogen (secondary N) is 2. The molecule has 5 atom stereocenters. The molecule has 6 N–H and O–H groups in total. The number of methoxy groups -OCH3 is 1. The van der Waals surface area contributed by atoms with Crippen molar-refractivity contribution in [1.29, 1.82) is 0 Å². The Labute approximate surface area is 243 Å². The summed E-state index contributed by atoms with van der Waals surface area (Å²) in [4.78, 5) is 9.02. The summed E-state index contributed by atoms with van der Waals surface area (Å²) in [5.41, 5.74) is 6.49. The summed E-state index contributed by atoms with van der Waals surface area (Å²) in [7, 11) is 3.74. The summed E-state index contributed by atoms with van der Waals surface area (Å²) >= 11 is 0. The number of halogens is 1. The molecule has 0 aliphatic carbocycles. The Bertz CT molecular complexity index is 668. The standard InChI is InChI=1S/C29H62FN7O3/c1-23(2)18-37(26-15-24(19-36(30)20-26)9-12-35(6)13-11-32-22-38)28(39)25(17-33-21-29(3,4)5)16-27(31)34-10-8-14-40-7/h17,23-28,32,34,38-39H,8-16,18-22,31H2,1-7H3. The minimum atomic E-state index is -0.817. The monoisotopic (exact) mass is 575 g/mol. The van der Waals surface area contributed by atoms with Crippen molar-refractivity contribution in [2.75, 3.05) is 79.9 Å². The Morgan fingerprint density at radius 2 is 1.95 bits per heavy atom. The highest BCUT2D eigenvalue weighted by molar-refractivity contribution is 5.61. The largest absolute Gasteiger partial charge is 0.385 e. The Hall–Kier alpha value is -0.760. The van der Waals surface area contributed by atoms with Gasteiger partial charge in [0.25, 0.3) is 0 Å². The lowest BCUT2D eigenvalue weighted by atomic mass is 9.89. The first-order chi connectivity index (χ1) is 18.9. The van der Waals surface area contributed by atoms with Crippen molar-refractivity contribution in [3.8, 4) is 0 Å². The summed E-state index contributed by atoms with van der Waals surface area (Å²) in [6.07, 6.45) is 3.86. The van der Waals surface area contributed by atoms with Gasteiger partial charge in [0.2, 0.25) is 0 Å². The lowest BCUT2D eigenvalue weighted by molar-refractivity contribution is -0.110. The van der Waals surface area contributed by atoms with E-state index in [4.69, 9.17) is 20.6 Å². The highest BCUT2D eigenvalue weighted by atomic mass is 19.2. The average molecular weight is 576 g/mol. The summed E-state index contributed by atoms with van der Waals surface area (Å²) in [5.74, 6) is 0.211. The molecule has 40 heavy (non-hydrogen) atoms. The molecule has 0 aromatic carbocycles. The van der Waals surface area contributed by atoms with Gasteiger partial charge in [-0.05, 0) is 63.1 Å². The molecule has 238 valence electrons. The van der Waals surface area contributed by atoms with Crippen LogP contribution in [0.25, 0.3) is 0 Å². The smallest absolute Gasteiger partial charge is 0.115 e. The molecule has 5 unspecified atom stereocenters. The van der Waals surface area contributed by atoms with E-state index in [1.54, 1.807) is 7.11 Å². The molecule has 0 saturated carbocycles. The van der Waals surface area contributed by atoms with Crippen LogP contribution in [-0.2, 0) is 4.74 Å². The van der Waals surface area contributed by atoms with E-state index >= 15 is 0 Å². The van der Waals surface area contributed by atoms with Crippen molar-refractivity contribution in [3.05, 3.63) is 0 Å². The van der Waals surface area contributed by atoms with Crippen LogP contribution in [0.5, 0.6) is 0 Å². The molecule has 1 rings (SSSR count). The number of rotatable bonds is 21. The van der Waals surface area contributed by atoms with Crippen LogP contribution >= 0.6 is 0 Å². The number of ether oxygens (including phenoxy) is 1. The van der Waals surface area contributed by atoms with Crippen LogP contribution in [-0.4, -0.2) is 130 Å². The number of hydrogen-bond donors (Lipinski definition) is 5. The van der Waals surface area contributed by atoms with Gasteiger partial charge in [-0.25, -0.2) is 0 Å². The van der Waals surface area contributed by atoms with Crippen LogP contribution in [0.3, 0.4) is 0 Å². The van der Waals surface area contributed by atoms with Gasteiger partial charge < -0.3 is 30.9 Å². The van der Waals surface area contributed by atoms with Gasteiger partial charge in [0.05, 0.1) is 12.9 Å². The second-order valence-corrected chi connectivity index (χ2v) is 13.2. The third-order valence-electron chi connectivity index (χ3n) is 7.26. The Morgan fingerprint density at radius 1 is 1.23 bits per heavy atom. The first-order valence-corrected chi connectivity index (χ1v) is 15.2. The first kappa shape index (κ1) is 37.3. The van der Waals surface area contributed by atoms with E-state index in [1.807, 2.05) is 6.21 Å². The van der Waals surface area contributed by atoms with Crippen LogP contribution in [0, 0.1) is 23.2 Å². The zero-order chi connectivity index (χ0) is 30.1. The molecule has 1 heterocycles. The number of piperidine rings is 1. The van der Waals surface area contributed by atoms with Gasteiger partial charge in [-0.1, -0.05) is 34.6 Å². The molecule has 11 heteroatoms. The quantitative estimate of drug-likeness (QED) is 0.0603. The zero-order valence-electron chi connectivity index (χ0n) is 26.5. The fourth-order valence-corrected chi connectivity index (χ4v) is 5.17. The van der Waals surface area contributed by atoms with E-state index in [0.717, 1.165) is 44.0 Å². The molecule has 1 fully saturated rings. The molecule has 0 amide bonds. The average Bonchev–Trinajstić information content (AvgIpc) is 2.86. The normalized spacial score (nSPS) is 21.6. The number of nitrogens with zero attached hydrogens (tertiary/aromatic N) is 4. The summed E-state index contributed by atoms with van der Waals surface area (Å²) in [5, 5.41) is 28.0. The molecule has 0 spiro atoms. The van der Waals surface area contributed by atoms with Crippen LogP contribution < -0.4 is 16.4 Å². The van der Waals surface area contributed by atoms with Crippen molar-refractivity contribution in [2.24, 2.45) is 33.9 Å². The minimum absolute atomic E-state index is 0.0281. The van der Waals surface area contributed by atoms with Gasteiger partial charge in [-0.15, -0.1) is 9.60 Å². The molecule has 0 bridgehead atoms. The zero-order valence-corrected chi connectivity index (χ0v) is 26.5. The van der Waals surface area contributed by atoms with E-state index in [9.17, 15) is 9.59 Å². The summed E-state index contributed by atoms with van der Waals surface area (Å²) in [6.45, 7) is 16.5. The predicted molar refractivity (Wildman–Crippen MR) is 163 cm³/mol. The third-order valence-corrected chi connectivity index (χ3v) is 7.26. The minimum Gasteiger partial charge on any atom is -0.385 e. The van der Waals surface area contributed by atoms with Crippen molar-refractivity contribution in [3.63, 3.8) is 0 Å². The Balaban J connectivity index is 3.00. The van der Waals surface area contributed by atoms with Gasteiger partial charge in [0, 0.05) is 71.2 Å². The molecule has 0 aromatic rings. The van der Waals surface area contributed by atoms with E-state index < -0.39 is 6.23 Å². The maximum absolute atomic E-state index is 15.0. The second-order valence-electron chi connectivity index (χ2n) is 13.2. The lowest BCUT2D eigenvalue weighted by Gasteiger charge is -2.44. The van der Waals surface area contributed by atoms with Crippen LogP contribution in [0.2, 0.25) is 0 Å². The van der Waals surface area contributed by atoms with Crippen molar-refractivity contribution < 1.29 is 19.4 Å². The van der Waals surface area contributed by atoms with Gasteiger partial charge in [-0.2, -0.15) is 0 Å². The lowest BCUT2D eigenvalue weighted by Crippen LogP contribution is -2.56. The fraction of sp³-hybridized carbons (Fsp3) is 0.966. The van der Waals surface area contributed by atoms with Crippen LogP contribution in [0.4, 0.5) is 4.48 Å². The molecular formula is C29H62FN7O3. The SMILES string of the molecule is COCCCNC(N)CC(C=NCC(C)(C)C)C(O)N(CC(C)C)C1CC(CCN(C)CCNCO)CN(F)C1. The van der Waals surface area contributed by atoms with Crippen LogP contribution in [0.1, 0.15) is 60.3 Å². The Morgan fingerprint density at radius 3 is 2.58 bits per heavy atom. The maximum atomic E-state index is 15.0. The molecule has 1 aliphatic rings. The van der Waals surface area contributed by atoms with E-state index in [1.165, 1.54) is 0 Å². The van der Waals surface area contributed by atoms with E-state index in [-0.39, 0.29) is 42.7 Å². The molecular weight excluding hydrogens is 513 g/mol. The number of aliphatic hydroxyl groups is 2. The summed E-state index contributed by atoms with van der Waals surface area (Å²) in [6, 6.07) is -0.105. The molecule has 0 aromatic heterocycles. The molecule has 1 aliphatic heterocycles. The number of hydrogen-bond acceptors (Lipinski definition) is 10. The van der Waals surface area contributed by atoms with Gasteiger partial charge in [-0.3, -0.25) is 15.2 Å². The van der Waals surface area contributed by atoms with Crippen molar-refractivity contribution >= 4 is 6.21 Å². The molecule has 1 saturated heterocycles. The van der Waals surface area contributed by atoms with Gasteiger partial charge in [0.15, 0.2) is 0 Å². The second kappa shape index (κ2) is 20.2. The first-order valence-electron chi connectivity index (χ1n) is 15.2. The predicted octanol–water partition coefficient (Wildman–Crippen LogP) is 1.73. The number of nitrogens with two attached hydrogens (primary N) is 1. The van der Waals surface area contributed by atoms with Gasteiger partial charge >= 0.3 is 0 Å². The van der Waals surface area contributed by atoms with Crippen LogP contribution in [0.15, 0.2) is 4.99 Å². The van der Waals surface area contributed by atoms with Crippen molar-refractivity contribution in [1.82, 2.24) is 25.6 Å². The highest BCUT2D eigenvalue weighted by Crippen LogP contribution is 2.28. The molecule has 10 nitrogen and oxygen atoms in total. The van der Waals surface area contributed by atoms with Crippen molar-refractivity contribution in [2.45, 2.75) is 78.7 Å². The maximum Gasteiger partial charge on any atom is 0.115 e. The third kappa shape index (κ3) is 16.6. The van der Waals surface area contributed by atoms with E-state index in [2.05, 4.69) is 62.1 Å². The molecule has 0 radical (unpaired) electrons. The number of aliphatic hydroxyl groups excluding tert-OH is 2. The van der Waals surface area contributed by atoms with Gasteiger partial charge in [0.1, 0.15) is 6.23 Å². The highest BCUT2D eigenvalue weighted by Gasteiger charge is 2.37. The Kier molecular flexibility index (Phi) is 18.8. The van der Waals surface area contributed by atoms with E-state index in [0.29, 0.717) is 45.1 Å².